The van der Waals surface area contributed by atoms with E-state index in [1.165, 1.54) is 7.11 Å². The summed E-state index contributed by atoms with van der Waals surface area (Å²) >= 11 is 1.74. The molecule has 2 aromatic rings. The Bertz CT molecular complexity index is 840. The van der Waals surface area contributed by atoms with Crippen LogP contribution in [-0.2, 0) is 9.53 Å². The molecule has 8 heteroatoms. The molecule has 0 bridgehead atoms. The van der Waals surface area contributed by atoms with Gasteiger partial charge in [0.2, 0.25) is 5.95 Å². The van der Waals surface area contributed by atoms with Crippen LogP contribution in [0.3, 0.4) is 0 Å². The van der Waals surface area contributed by atoms with Crippen molar-refractivity contribution in [2.75, 3.05) is 44.2 Å². The molecule has 3 rings (SSSR count). The van der Waals surface area contributed by atoms with Crippen molar-refractivity contribution in [2.45, 2.75) is 38.3 Å². The minimum Gasteiger partial charge on any atom is -0.497 e. The van der Waals surface area contributed by atoms with E-state index in [9.17, 15) is 4.79 Å². The molecule has 1 aliphatic heterocycles. The third-order valence-corrected chi connectivity index (χ3v) is 6.04. The Morgan fingerprint density at radius 2 is 2.07 bits per heavy atom. The quantitative estimate of drug-likeness (QED) is 0.656. The van der Waals surface area contributed by atoms with Gasteiger partial charge >= 0.3 is 5.97 Å². The molecule has 1 N–H and O–H groups in total. The van der Waals surface area contributed by atoms with E-state index in [0.717, 1.165) is 66.4 Å². The predicted octanol–water partition coefficient (Wildman–Crippen LogP) is 2.80. The maximum atomic E-state index is 12.1. The van der Waals surface area contributed by atoms with Crippen molar-refractivity contribution >= 4 is 34.6 Å². The van der Waals surface area contributed by atoms with E-state index in [-0.39, 0.29) is 12.0 Å². The first-order valence-corrected chi connectivity index (χ1v) is 11.3. The van der Waals surface area contributed by atoms with Crippen LogP contribution in [0.25, 0.3) is 10.9 Å². The lowest BCUT2D eigenvalue weighted by atomic mass is 10.0. The Balaban J connectivity index is 1.65. The maximum Gasteiger partial charge on any atom is 0.322 e. The first-order chi connectivity index (χ1) is 14.0. The minimum atomic E-state index is -0.238. The summed E-state index contributed by atoms with van der Waals surface area (Å²) in [6.07, 6.45) is 4.71. The summed E-state index contributed by atoms with van der Waals surface area (Å²) in [6, 6.07) is 5.94. The first kappa shape index (κ1) is 21.6. The fraction of sp³-hybridized carbons (Fsp3) is 0.571. The third kappa shape index (κ3) is 5.30. The monoisotopic (exact) mass is 418 g/mol. The molecule has 2 heterocycles. The highest BCUT2D eigenvalue weighted by atomic mass is 32.2. The van der Waals surface area contributed by atoms with Crippen LogP contribution in [0, 0.1) is 6.92 Å². The van der Waals surface area contributed by atoms with Crippen molar-refractivity contribution in [3.63, 3.8) is 0 Å². The van der Waals surface area contributed by atoms with E-state index >= 15 is 0 Å². The van der Waals surface area contributed by atoms with Gasteiger partial charge in [0.15, 0.2) is 0 Å². The summed E-state index contributed by atoms with van der Waals surface area (Å²) in [7, 11) is 3.11. The van der Waals surface area contributed by atoms with Crippen molar-refractivity contribution in [3.05, 3.63) is 23.9 Å². The van der Waals surface area contributed by atoms with Crippen LogP contribution >= 0.6 is 11.8 Å². The maximum absolute atomic E-state index is 12.1. The van der Waals surface area contributed by atoms with Crippen molar-refractivity contribution in [3.8, 4) is 5.75 Å². The summed E-state index contributed by atoms with van der Waals surface area (Å²) in [4.78, 5) is 23.8. The van der Waals surface area contributed by atoms with Gasteiger partial charge in [-0.25, -0.2) is 9.97 Å². The Morgan fingerprint density at radius 3 is 2.72 bits per heavy atom. The zero-order valence-corrected chi connectivity index (χ0v) is 18.4. The number of methoxy groups -OCH3 is 2. The number of hydrogen-bond donors (Lipinski definition) is 1. The van der Waals surface area contributed by atoms with Crippen LogP contribution in [-0.4, -0.2) is 67.3 Å². The zero-order chi connectivity index (χ0) is 20.8. The second-order valence-electron chi connectivity index (χ2n) is 7.28. The lowest BCUT2D eigenvalue weighted by Crippen LogP contribution is -2.49. The topological polar surface area (TPSA) is 76.6 Å². The number of aromatic nitrogens is 2. The number of hydrogen-bond acceptors (Lipinski definition) is 8. The SMILES string of the molecule is COC(=O)C(CCSC)NC1CCN(c2nc(C)c3cc(OC)ccc3n2)CC1. The van der Waals surface area contributed by atoms with Gasteiger partial charge in [0, 0.05) is 24.5 Å². The van der Waals surface area contributed by atoms with Crippen LogP contribution in [0.4, 0.5) is 5.95 Å². The van der Waals surface area contributed by atoms with Gasteiger partial charge in [-0.2, -0.15) is 11.8 Å². The Morgan fingerprint density at radius 1 is 1.31 bits per heavy atom. The normalized spacial score (nSPS) is 16.1. The summed E-state index contributed by atoms with van der Waals surface area (Å²) in [5.41, 5.74) is 1.88. The van der Waals surface area contributed by atoms with E-state index in [1.54, 1.807) is 18.9 Å². The fourth-order valence-corrected chi connectivity index (χ4v) is 4.16. The average molecular weight is 419 g/mol. The number of esters is 1. The number of thioether (sulfide) groups is 1. The molecule has 0 aliphatic carbocycles. The summed E-state index contributed by atoms with van der Waals surface area (Å²) in [5, 5.41) is 4.51. The van der Waals surface area contributed by atoms with Crippen LogP contribution < -0.4 is 15.0 Å². The molecule has 1 atom stereocenters. The first-order valence-electron chi connectivity index (χ1n) is 9.96. The van der Waals surface area contributed by atoms with Crippen molar-refractivity contribution in [2.24, 2.45) is 0 Å². The molecule has 0 saturated carbocycles. The second kappa shape index (κ2) is 10.1. The fourth-order valence-electron chi connectivity index (χ4n) is 3.69. The average Bonchev–Trinajstić information content (AvgIpc) is 2.76. The molecule has 1 fully saturated rings. The molecule has 158 valence electrons. The van der Waals surface area contributed by atoms with Gasteiger partial charge in [-0.05, 0) is 56.4 Å². The minimum absolute atomic E-state index is 0.176. The second-order valence-corrected chi connectivity index (χ2v) is 8.26. The number of nitrogens with one attached hydrogen (secondary N) is 1. The number of ether oxygens (including phenoxy) is 2. The summed E-state index contributed by atoms with van der Waals surface area (Å²) in [6.45, 7) is 3.72. The van der Waals surface area contributed by atoms with Crippen LogP contribution in [0.5, 0.6) is 5.75 Å². The van der Waals surface area contributed by atoms with Gasteiger partial charge < -0.3 is 19.7 Å². The highest BCUT2D eigenvalue weighted by molar-refractivity contribution is 7.98. The zero-order valence-electron chi connectivity index (χ0n) is 17.6. The van der Waals surface area contributed by atoms with Crippen molar-refractivity contribution in [1.29, 1.82) is 0 Å². The predicted molar refractivity (Wildman–Crippen MR) is 118 cm³/mol. The number of nitrogens with zero attached hydrogens (tertiary/aromatic N) is 3. The van der Waals surface area contributed by atoms with Gasteiger partial charge in [0.1, 0.15) is 11.8 Å². The molecular weight excluding hydrogens is 388 g/mol. The van der Waals surface area contributed by atoms with E-state index < -0.39 is 0 Å². The number of carbonyl (C=O) groups excluding carboxylic acids is 1. The molecule has 0 radical (unpaired) electrons. The molecule has 1 aromatic heterocycles. The van der Waals surface area contributed by atoms with Crippen molar-refractivity contribution < 1.29 is 14.3 Å². The van der Waals surface area contributed by atoms with Crippen molar-refractivity contribution in [1.82, 2.24) is 15.3 Å². The largest absolute Gasteiger partial charge is 0.497 e. The Kier molecular flexibility index (Phi) is 7.55. The molecule has 0 amide bonds. The Hall–Kier alpha value is -2.06. The smallest absolute Gasteiger partial charge is 0.322 e. The number of fused-ring (bicyclic) bond motifs is 1. The van der Waals surface area contributed by atoms with Crippen LogP contribution in [0.15, 0.2) is 18.2 Å². The standard InChI is InChI=1S/C21H30N4O3S/c1-14-17-13-16(27-2)5-6-18(17)24-21(22-14)25-10-7-15(8-11-25)23-19(9-12-29-4)20(26)28-3/h5-6,13,15,19,23H,7-12H2,1-4H3. The number of piperidine rings is 1. The number of carbonyl (C=O) groups is 1. The van der Waals surface area contributed by atoms with Crippen LogP contribution in [0.2, 0.25) is 0 Å². The van der Waals surface area contributed by atoms with E-state index in [2.05, 4.69) is 16.5 Å². The molecule has 29 heavy (non-hydrogen) atoms. The molecule has 7 nitrogen and oxygen atoms in total. The van der Waals surface area contributed by atoms with Gasteiger partial charge in [-0.1, -0.05) is 0 Å². The number of rotatable bonds is 8. The lowest BCUT2D eigenvalue weighted by Gasteiger charge is -2.34. The van der Waals surface area contributed by atoms with E-state index in [1.807, 2.05) is 25.1 Å². The van der Waals surface area contributed by atoms with Gasteiger partial charge in [0.05, 0.1) is 25.4 Å². The Labute approximate surface area is 176 Å². The highest BCUT2D eigenvalue weighted by Crippen LogP contribution is 2.25. The number of aryl methyl sites for hydroxylation is 1. The summed E-state index contributed by atoms with van der Waals surface area (Å²) in [5.74, 6) is 2.34. The molecular formula is C21H30N4O3S. The van der Waals surface area contributed by atoms with Gasteiger partial charge in [-0.15, -0.1) is 0 Å². The summed E-state index contributed by atoms with van der Waals surface area (Å²) < 4.78 is 10.3. The molecule has 1 unspecified atom stereocenters. The molecule has 0 spiro atoms. The van der Waals surface area contributed by atoms with E-state index in [0.29, 0.717) is 6.04 Å². The third-order valence-electron chi connectivity index (χ3n) is 5.39. The van der Waals surface area contributed by atoms with Crippen LogP contribution in [0.1, 0.15) is 25.0 Å². The lowest BCUT2D eigenvalue weighted by molar-refractivity contribution is -0.143. The van der Waals surface area contributed by atoms with E-state index in [4.69, 9.17) is 19.4 Å². The number of benzene rings is 1. The molecule has 1 aliphatic rings. The van der Waals surface area contributed by atoms with Gasteiger partial charge in [-0.3, -0.25) is 4.79 Å². The molecule has 1 saturated heterocycles. The van der Waals surface area contributed by atoms with Gasteiger partial charge in [0.25, 0.3) is 0 Å². The highest BCUT2D eigenvalue weighted by Gasteiger charge is 2.26. The molecule has 1 aromatic carbocycles. The number of anilines is 1.